The highest BCUT2D eigenvalue weighted by Gasteiger charge is 2.52. The standard InChI is InChI=1S/C30H53NO3/c1-7-30(6)25(21(2)14-16-28(3,4)34)12-13-26(30)22-10-11-23-19-24(15-17-29(23,5)20-22)31-18-8-9-27(32)33/h11,21-22,24-26,31,34H,7-10,12-20H2,1-6H3,(H,32,33). The average Bonchev–Trinajstić information content (AvgIpc) is 3.11. The fourth-order valence-electron chi connectivity index (χ4n) is 8.12. The molecule has 0 amide bonds. The van der Waals surface area contributed by atoms with E-state index in [0.29, 0.717) is 22.8 Å². The molecule has 2 saturated carbocycles. The largest absolute Gasteiger partial charge is 0.481 e. The predicted molar refractivity (Wildman–Crippen MR) is 141 cm³/mol. The van der Waals surface area contributed by atoms with Crippen LogP contribution in [-0.2, 0) is 4.79 Å². The summed E-state index contributed by atoms with van der Waals surface area (Å²) in [4.78, 5) is 10.8. The molecule has 3 aliphatic rings. The van der Waals surface area contributed by atoms with E-state index in [4.69, 9.17) is 5.11 Å². The maximum absolute atomic E-state index is 10.8. The summed E-state index contributed by atoms with van der Waals surface area (Å²) >= 11 is 0. The summed E-state index contributed by atoms with van der Waals surface area (Å²) in [6, 6.07) is 0.512. The first kappa shape index (κ1) is 27.7. The van der Waals surface area contributed by atoms with E-state index in [1.807, 2.05) is 13.8 Å². The number of allylic oxidation sites excluding steroid dienone is 1. The van der Waals surface area contributed by atoms with E-state index in [0.717, 1.165) is 50.0 Å². The van der Waals surface area contributed by atoms with E-state index in [-0.39, 0.29) is 6.42 Å². The van der Waals surface area contributed by atoms with Crippen LogP contribution < -0.4 is 5.32 Å². The highest BCUT2D eigenvalue weighted by molar-refractivity contribution is 5.66. The smallest absolute Gasteiger partial charge is 0.303 e. The third-order valence-electron chi connectivity index (χ3n) is 10.4. The number of carboxylic acids is 1. The van der Waals surface area contributed by atoms with Crippen LogP contribution in [0.15, 0.2) is 11.6 Å². The second-order valence-electron chi connectivity index (χ2n) is 13.4. The van der Waals surface area contributed by atoms with Crippen LogP contribution in [0.2, 0.25) is 0 Å². The molecule has 7 atom stereocenters. The number of rotatable bonds is 11. The van der Waals surface area contributed by atoms with Gasteiger partial charge in [-0.15, -0.1) is 0 Å². The molecule has 0 aromatic rings. The van der Waals surface area contributed by atoms with Gasteiger partial charge in [-0.3, -0.25) is 4.79 Å². The van der Waals surface area contributed by atoms with Crippen molar-refractivity contribution >= 4 is 5.97 Å². The first-order chi connectivity index (χ1) is 15.9. The van der Waals surface area contributed by atoms with Crippen molar-refractivity contribution < 1.29 is 15.0 Å². The zero-order valence-corrected chi connectivity index (χ0v) is 23.0. The Morgan fingerprint density at radius 3 is 2.65 bits per heavy atom. The minimum atomic E-state index is -0.695. The maximum atomic E-state index is 10.8. The van der Waals surface area contributed by atoms with Gasteiger partial charge in [0, 0.05) is 12.5 Å². The number of hydrogen-bond donors (Lipinski definition) is 3. The van der Waals surface area contributed by atoms with Gasteiger partial charge >= 0.3 is 5.97 Å². The molecule has 0 heterocycles. The van der Waals surface area contributed by atoms with Crippen LogP contribution in [-0.4, -0.2) is 34.4 Å². The van der Waals surface area contributed by atoms with Crippen LogP contribution in [0.5, 0.6) is 0 Å². The number of carbonyl (C=O) groups is 1. The predicted octanol–water partition coefficient (Wildman–Crippen LogP) is 6.97. The lowest BCUT2D eigenvalue weighted by Gasteiger charge is -2.49. The van der Waals surface area contributed by atoms with E-state index >= 15 is 0 Å². The third-order valence-corrected chi connectivity index (χ3v) is 10.4. The summed E-state index contributed by atoms with van der Waals surface area (Å²) in [5.41, 5.74) is 1.87. The second kappa shape index (κ2) is 11.0. The van der Waals surface area contributed by atoms with Crippen LogP contribution in [0.4, 0.5) is 0 Å². The quantitative estimate of drug-likeness (QED) is 0.223. The Kier molecular flexibility index (Phi) is 8.99. The van der Waals surface area contributed by atoms with Crippen LogP contribution in [0.25, 0.3) is 0 Å². The Hall–Kier alpha value is -0.870. The Labute approximate surface area is 209 Å². The monoisotopic (exact) mass is 475 g/mol. The SMILES string of the molecule is CCC1(C)C(C(C)CCC(C)(C)O)CCC1C1CC=C2CC(NCCCC(=O)O)CCC2(C)C1. The summed E-state index contributed by atoms with van der Waals surface area (Å²) in [5, 5.41) is 22.8. The Balaban J connectivity index is 1.62. The lowest BCUT2D eigenvalue weighted by atomic mass is 9.56. The summed E-state index contributed by atoms with van der Waals surface area (Å²) in [6.07, 6.45) is 15.8. The Bertz CT molecular complexity index is 725. The molecule has 0 aliphatic heterocycles. The molecule has 196 valence electrons. The molecule has 0 radical (unpaired) electrons. The van der Waals surface area contributed by atoms with Gasteiger partial charge in [-0.2, -0.15) is 0 Å². The van der Waals surface area contributed by atoms with Crippen molar-refractivity contribution in [3.63, 3.8) is 0 Å². The molecule has 0 aromatic carbocycles. The molecule has 3 N–H and O–H groups in total. The van der Waals surface area contributed by atoms with Gasteiger partial charge in [0.05, 0.1) is 5.60 Å². The van der Waals surface area contributed by atoms with Crippen molar-refractivity contribution in [3.8, 4) is 0 Å². The zero-order chi connectivity index (χ0) is 25.1. The third kappa shape index (κ3) is 6.46. The summed E-state index contributed by atoms with van der Waals surface area (Å²) < 4.78 is 0. The Morgan fingerprint density at radius 1 is 1.26 bits per heavy atom. The number of aliphatic carboxylic acids is 1. The first-order valence-corrected chi connectivity index (χ1v) is 14.2. The van der Waals surface area contributed by atoms with E-state index in [1.54, 1.807) is 5.57 Å². The summed E-state index contributed by atoms with van der Waals surface area (Å²) in [6.45, 7) is 14.7. The normalized spacial score (nSPS) is 37.2. The summed E-state index contributed by atoms with van der Waals surface area (Å²) in [7, 11) is 0. The van der Waals surface area contributed by atoms with Gasteiger partial charge in [-0.25, -0.2) is 0 Å². The second-order valence-corrected chi connectivity index (χ2v) is 13.4. The van der Waals surface area contributed by atoms with Crippen molar-refractivity contribution in [2.75, 3.05) is 6.54 Å². The molecule has 3 rings (SSSR count). The van der Waals surface area contributed by atoms with E-state index < -0.39 is 11.6 Å². The van der Waals surface area contributed by atoms with Crippen LogP contribution >= 0.6 is 0 Å². The molecular formula is C30H53NO3. The van der Waals surface area contributed by atoms with Crippen LogP contribution in [0, 0.1) is 34.5 Å². The maximum Gasteiger partial charge on any atom is 0.303 e. The molecular weight excluding hydrogens is 422 g/mol. The molecule has 0 aromatic heterocycles. The van der Waals surface area contributed by atoms with Gasteiger partial charge < -0.3 is 15.5 Å². The minimum Gasteiger partial charge on any atom is -0.481 e. The fraction of sp³-hybridized carbons (Fsp3) is 0.900. The molecule has 0 spiro atoms. The van der Waals surface area contributed by atoms with Gasteiger partial charge in [-0.05, 0) is 119 Å². The van der Waals surface area contributed by atoms with Crippen LogP contribution in [0.1, 0.15) is 119 Å². The summed E-state index contributed by atoms with van der Waals surface area (Å²) in [5.74, 6) is 2.36. The zero-order valence-electron chi connectivity index (χ0n) is 23.0. The van der Waals surface area contributed by atoms with E-state index in [2.05, 4.69) is 39.1 Å². The average molecular weight is 476 g/mol. The molecule has 0 bridgehead atoms. The lowest BCUT2D eigenvalue weighted by molar-refractivity contribution is -0.137. The van der Waals surface area contributed by atoms with Crippen molar-refractivity contribution in [1.82, 2.24) is 5.32 Å². The topological polar surface area (TPSA) is 69.6 Å². The number of hydrogen-bond acceptors (Lipinski definition) is 3. The van der Waals surface area contributed by atoms with Crippen molar-refractivity contribution in [1.29, 1.82) is 0 Å². The van der Waals surface area contributed by atoms with Gasteiger partial charge in [0.15, 0.2) is 0 Å². The Morgan fingerprint density at radius 2 is 2.00 bits per heavy atom. The van der Waals surface area contributed by atoms with Gasteiger partial charge in [0.2, 0.25) is 0 Å². The molecule has 2 fully saturated rings. The minimum absolute atomic E-state index is 0.261. The molecule has 4 nitrogen and oxygen atoms in total. The molecule has 34 heavy (non-hydrogen) atoms. The van der Waals surface area contributed by atoms with Crippen molar-refractivity contribution in [3.05, 3.63) is 11.6 Å². The number of aliphatic hydroxyl groups is 1. The van der Waals surface area contributed by atoms with Gasteiger partial charge in [0.1, 0.15) is 0 Å². The van der Waals surface area contributed by atoms with Gasteiger partial charge in [-0.1, -0.05) is 45.8 Å². The van der Waals surface area contributed by atoms with Crippen LogP contribution in [0.3, 0.4) is 0 Å². The number of fused-ring (bicyclic) bond motifs is 1. The molecule has 7 unspecified atom stereocenters. The lowest BCUT2D eigenvalue weighted by Crippen LogP contribution is -2.43. The molecule has 0 saturated heterocycles. The van der Waals surface area contributed by atoms with E-state index in [9.17, 15) is 9.90 Å². The van der Waals surface area contributed by atoms with Gasteiger partial charge in [0.25, 0.3) is 0 Å². The highest BCUT2D eigenvalue weighted by Crippen LogP contribution is 2.60. The van der Waals surface area contributed by atoms with Crippen molar-refractivity contribution in [2.24, 2.45) is 34.5 Å². The number of carboxylic acid groups (broad SMARTS) is 1. The highest BCUT2D eigenvalue weighted by atomic mass is 16.4. The fourth-order valence-corrected chi connectivity index (χ4v) is 8.12. The number of nitrogens with one attached hydrogen (secondary N) is 1. The van der Waals surface area contributed by atoms with E-state index in [1.165, 1.54) is 44.9 Å². The van der Waals surface area contributed by atoms with Crippen molar-refractivity contribution in [2.45, 2.75) is 130 Å². The molecule has 3 aliphatic carbocycles. The first-order valence-electron chi connectivity index (χ1n) is 14.2. The molecule has 4 heteroatoms.